The number of rotatable bonds is 13. The molecule has 0 fully saturated rings. The van der Waals surface area contributed by atoms with E-state index in [1.807, 2.05) is 5.32 Å². The van der Waals surface area contributed by atoms with Crippen LogP contribution in [0.15, 0.2) is 4.99 Å². The number of hydrogen-bond acceptors (Lipinski definition) is 8. The van der Waals surface area contributed by atoms with Crippen molar-refractivity contribution in [3.05, 3.63) is 0 Å². The second kappa shape index (κ2) is 13.2. The Bertz CT molecular complexity index is 608. The standard InChI is InChI=1S/C15H29N7O7/c1-7(16)11(25)20-8(3-2-4-19-15(17)18)12(26)21-9(5-23)13(27)22-10(6-24)14(28)29/h7-10,23-24H,2-6,16H2,1H3,(H,20,25)(H,21,26)(H,22,27)(H,28,29)(H4,17,18,19). The molecule has 0 aliphatic carbocycles. The fourth-order valence-electron chi connectivity index (χ4n) is 2.00. The summed E-state index contributed by atoms with van der Waals surface area (Å²) in [6, 6.07) is -5.14. The quantitative estimate of drug-likeness (QED) is 0.0779. The van der Waals surface area contributed by atoms with Gasteiger partial charge in [0.05, 0.1) is 19.3 Å². The molecule has 4 unspecified atom stereocenters. The molecule has 166 valence electrons. The van der Waals surface area contributed by atoms with Gasteiger partial charge in [-0.25, -0.2) is 4.79 Å². The van der Waals surface area contributed by atoms with Crippen molar-refractivity contribution in [2.24, 2.45) is 22.2 Å². The largest absolute Gasteiger partial charge is 0.480 e. The maximum atomic E-state index is 12.5. The highest BCUT2D eigenvalue weighted by molar-refractivity contribution is 5.94. The summed E-state index contributed by atoms with van der Waals surface area (Å²) in [5, 5.41) is 33.7. The molecule has 0 heterocycles. The molecule has 0 aromatic heterocycles. The number of nitrogens with two attached hydrogens (primary N) is 3. The third-order valence-corrected chi connectivity index (χ3v) is 3.60. The summed E-state index contributed by atoms with van der Waals surface area (Å²) < 4.78 is 0. The molecule has 12 N–H and O–H groups in total. The van der Waals surface area contributed by atoms with Gasteiger partial charge in [-0.2, -0.15) is 0 Å². The Morgan fingerprint density at radius 3 is 1.83 bits per heavy atom. The third-order valence-electron chi connectivity index (χ3n) is 3.60. The number of nitrogens with one attached hydrogen (secondary N) is 3. The Morgan fingerprint density at radius 1 is 0.897 bits per heavy atom. The summed E-state index contributed by atoms with van der Waals surface area (Å²) in [6.07, 6.45) is 0.395. The maximum absolute atomic E-state index is 12.5. The van der Waals surface area contributed by atoms with Crippen LogP contribution in [0.5, 0.6) is 0 Å². The highest BCUT2D eigenvalue weighted by Gasteiger charge is 2.29. The number of aliphatic hydroxyl groups excluding tert-OH is 2. The lowest BCUT2D eigenvalue weighted by atomic mass is 10.1. The molecule has 14 heteroatoms. The molecule has 0 saturated carbocycles. The average molecular weight is 419 g/mol. The summed E-state index contributed by atoms with van der Waals surface area (Å²) in [7, 11) is 0. The highest BCUT2D eigenvalue weighted by atomic mass is 16.4. The minimum absolute atomic E-state index is 0.0925. The van der Waals surface area contributed by atoms with Crippen molar-refractivity contribution >= 4 is 29.7 Å². The van der Waals surface area contributed by atoms with Crippen LogP contribution in [0.4, 0.5) is 0 Å². The van der Waals surface area contributed by atoms with E-state index in [0.717, 1.165) is 0 Å². The molecule has 0 aromatic carbocycles. The van der Waals surface area contributed by atoms with E-state index in [4.69, 9.17) is 27.4 Å². The van der Waals surface area contributed by atoms with Gasteiger partial charge in [-0.15, -0.1) is 0 Å². The second-order valence-corrected chi connectivity index (χ2v) is 6.12. The Balaban J connectivity index is 5.11. The van der Waals surface area contributed by atoms with Crippen LogP contribution in [-0.2, 0) is 19.2 Å². The van der Waals surface area contributed by atoms with E-state index in [-0.39, 0.29) is 18.9 Å². The molecule has 14 nitrogen and oxygen atoms in total. The van der Waals surface area contributed by atoms with Crippen molar-refractivity contribution in [2.45, 2.75) is 43.9 Å². The first-order valence-corrected chi connectivity index (χ1v) is 8.70. The third kappa shape index (κ3) is 10.2. The molecule has 4 atom stereocenters. The number of nitrogens with zero attached hydrogens (tertiary/aromatic N) is 1. The lowest BCUT2D eigenvalue weighted by Gasteiger charge is -2.23. The number of aliphatic carboxylic acids is 1. The van der Waals surface area contributed by atoms with E-state index < -0.39 is 61.1 Å². The van der Waals surface area contributed by atoms with Crippen LogP contribution in [-0.4, -0.2) is 88.9 Å². The first kappa shape index (κ1) is 26.0. The van der Waals surface area contributed by atoms with E-state index in [2.05, 4.69) is 15.6 Å². The molecule has 0 saturated heterocycles. The maximum Gasteiger partial charge on any atom is 0.328 e. The second-order valence-electron chi connectivity index (χ2n) is 6.12. The molecule has 0 aliphatic rings. The van der Waals surface area contributed by atoms with Crippen molar-refractivity contribution in [3.63, 3.8) is 0 Å². The average Bonchev–Trinajstić information content (AvgIpc) is 2.65. The van der Waals surface area contributed by atoms with Gasteiger partial charge in [-0.3, -0.25) is 19.4 Å². The van der Waals surface area contributed by atoms with E-state index in [9.17, 15) is 24.3 Å². The zero-order chi connectivity index (χ0) is 22.6. The van der Waals surface area contributed by atoms with Crippen molar-refractivity contribution in [3.8, 4) is 0 Å². The first-order chi connectivity index (χ1) is 13.5. The molecule has 0 aliphatic heterocycles. The Morgan fingerprint density at radius 2 is 1.38 bits per heavy atom. The Hall–Kier alpha value is -2.97. The lowest BCUT2D eigenvalue weighted by molar-refractivity contribution is -0.143. The van der Waals surface area contributed by atoms with Gasteiger partial charge in [0.2, 0.25) is 17.7 Å². The van der Waals surface area contributed by atoms with Crippen molar-refractivity contribution in [2.75, 3.05) is 19.8 Å². The SMILES string of the molecule is CC(N)C(=O)NC(CCCN=C(N)N)C(=O)NC(CO)C(=O)NC(CO)C(=O)O. The zero-order valence-electron chi connectivity index (χ0n) is 16.0. The normalized spacial score (nSPS) is 14.6. The number of amides is 3. The molecule has 0 aromatic rings. The fraction of sp³-hybridized carbons (Fsp3) is 0.667. The highest BCUT2D eigenvalue weighted by Crippen LogP contribution is 2.01. The van der Waals surface area contributed by atoms with Crippen molar-refractivity contribution in [1.82, 2.24) is 16.0 Å². The van der Waals surface area contributed by atoms with Crippen LogP contribution in [0.3, 0.4) is 0 Å². The van der Waals surface area contributed by atoms with Gasteiger partial charge >= 0.3 is 5.97 Å². The van der Waals surface area contributed by atoms with Gasteiger partial charge in [-0.05, 0) is 19.8 Å². The number of carboxylic acid groups (broad SMARTS) is 1. The molecule has 0 rings (SSSR count). The predicted octanol–water partition coefficient (Wildman–Crippen LogP) is -5.09. The predicted molar refractivity (Wildman–Crippen MR) is 101 cm³/mol. The number of hydrogen-bond donors (Lipinski definition) is 9. The van der Waals surface area contributed by atoms with Gasteiger partial charge in [0, 0.05) is 6.54 Å². The molecule has 3 amide bonds. The number of aliphatic imine (C=N–C) groups is 1. The number of carboxylic acids is 1. The van der Waals surface area contributed by atoms with Gasteiger partial charge < -0.3 is 48.5 Å². The van der Waals surface area contributed by atoms with E-state index in [0.29, 0.717) is 6.42 Å². The molecule has 0 spiro atoms. The van der Waals surface area contributed by atoms with Crippen molar-refractivity contribution < 1.29 is 34.5 Å². The van der Waals surface area contributed by atoms with Gasteiger partial charge in [0.15, 0.2) is 5.96 Å². The molecule has 0 bridgehead atoms. The van der Waals surface area contributed by atoms with E-state index >= 15 is 0 Å². The number of carbonyl (C=O) groups excluding carboxylic acids is 3. The van der Waals surface area contributed by atoms with Gasteiger partial charge in [0.1, 0.15) is 18.1 Å². The van der Waals surface area contributed by atoms with Crippen LogP contribution >= 0.6 is 0 Å². The summed E-state index contributed by atoms with van der Waals surface area (Å²) in [6.45, 7) is -0.141. The number of aliphatic hydroxyl groups is 2. The lowest BCUT2D eigenvalue weighted by Crippen LogP contribution is -2.58. The summed E-state index contributed by atoms with van der Waals surface area (Å²) in [5.74, 6) is -4.10. The molecular weight excluding hydrogens is 390 g/mol. The summed E-state index contributed by atoms with van der Waals surface area (Å²) in [5.41, 5.74) is 15.9. The van der Waals surface area contributed by atoms with E-state index in [1.165, 1.54) is 6.92 Å². The minimum atomic E-state index is -1.61. The van der Waals surface area contributed by atoms with Crippen LogP contribution in [0.25, 0.3) is 0 Å². The Kier molecular flexibility index (Phi) is 11.9. The van der Waals surface area contributed by atoms with Crippen LogP contribution in [0, 0.1) is 0 Å². The van der Waals surface area contributed by atoms with Gasteiger partial charge in [-0.1, -0.05) is 0 Å². The van der Waals surface area contributed by atoms with Gasteiger partial charge in [0.25, 0.3) is 0 Å². The smallest absolute Gasteiger partial charge is 0.328 e. The fourth-order valence-corrected chi connectivity index (χ4v) is 2.00. The number of carbonyl (C=O) groups is 4. The van der Waals surface area contributed by atoms with Crippen LogP contribution < -0.4 is 33.2 Å². The number of guanidine groups is 1. The topological polar surface area (TPSA) is 255 Å². The molecule has 29 heavy (non-hydrogen) atoms. The monoisotopic (exact) mass is 419 g/mol. The zero-order valence-corrected chi connectivity index (χ0v) is 16.0. The Labute approximate surface area is 166 Å². The first-order valence-electron chi connectivity index (χ1n) is 8.70. The van der Waals surface area contributed by atoms with Crippen molar-refractivity contribution in [1.29, 1.82) is 0 Å². The van der Waals surface area contributed by atoms with Crippen LogP contribution in [0.2, 0.25) is 0 Å². The van der Waals surface area contributed by atoms with E-state index in [1.54, 1.807) is 0 Å². The molecular formula is C15H29N7O7. The summed E-state index contributed by atoms with van der Waals surface area (Å²) >= 11 is 0. The molecule has 0 radical (unpaired) electrons. The minimum Gasteiger partial charge on any atom is -0.480 e. The summed E-state index contributed by atoms with van der Waals surface area (Å²) in [4.78, 5) is 51.0. The van der Waals surface area contributed by atoms with Crippen LogP contribution in [0.1, 0.15) is 19.8 Å².